The molecule has 0 aromatic heterocycles. The summed E-state index contributed by atoms with van der Waals surface area (Å²) in [5.41, 5.74) is 2.82. The first-order chi connectivity index (χ1) is 7.43. The summed E-state index contributed by atoms with van der Waals surface area (Å²) in [7, 11) is 0. The molecule has 0 bridgehead atoms. The second-order valence-corrected chi connectivity index (χ2v) is 4.50. The smallest absolute Gasteiger partial charge is 0.0846 e. The molecule has 0 aliphatic carbocycles. The van der Waals surface area contributed by atoms with Gasteiger partial charge in [-0.1, -0.05) is 24.3 Å². The van der Waals surface area contributed by atoms with Gasteiger partial charge in [0, 0.05) is 13.0 Å². The molecule has 2 saturated heterocycles. The van der Waals surface area contributed by atoms with Crippen LogP contribution in [0.3, 0.4) is 0 Å². The fraction of sp³-hybridized carbons (Fsp3) is 0.538. The fourth-order valence-corrected chi connectivity index (χ4v) is 2.42. The van der Waals surface area contributed by atoms with Crippen LogP contribution in [0.25, 0.3) is 0 Å². The van der Waals surface area contributed by atoms with Crippen molar-refractivity contribution >= 4 is 0 Å². The Morgan fingerprint density at radius 2 is 1.80 bits per heavy atom. The zero-order valence-corrected chi connectivity index (χ0v) is 8.91. The first-order valence-electron chi connectivity index (χ1n) is 5.85. The monoisotopic (exact) mass is 203 g/mol. The molecule has 0 saturated carbocycles. The molecule has 2 aliphatic rings. The zero-order chi connectivity index (χ0) is 10.1. The van der Waals surface area contributed by atoms with E-state index in [2.05, 4.69) is 29.6 Å². The highest BCUT2D eigenvalue weighted by Gasteiger charge is 2.21. The van der Waals surface area contributed by atoms with Crippen molar-refractivity contribution in [3.8, 4) is 0 Å². The molecule has 2 fully saturated rings. The highest BCUT2D eigenvalue weighted by molar-refractivity contribution is 5.28. The summed E-state index contributed by atoms with van der Waals surface area (Å²) in [5, 5.41) is 3.41. The van der Waals surface area contributed by atoms with Crippen molar-refractivity contribution in [1.82, 2.24) is 5.32 Å². The molecule has 2 heteroatoms. The first-order valence-corrected chi connectivity index (χ1v) is 5.85. The molecule has 15 heavy (non-hydrogen) atoms. The molecule has 2 unspecified atom stereocenters. The lowest BCUT2D eigenvalue weighted by Crippen LogP contribution is -2.18. The van der Waals surface area contributed by atoms with Gasteiger partial charge in [-0.05, 0) is 30.0 Å². The predicted octanol–water partition coefficient (Wildman–Crippen LogP) is 2.22. The topological polar surface area (TPSA) is 21.3 Å². The summed E-state index contributed by atoms with van der Waals surface area (Å²) in [5.74, 6) is 0.723. The van der Waals surface area contributed by atoms with Gasteiger partial charge in [0.15, 0.2) is 0 Å². The van der Waals surface area contributed by atoms with E-state index in [9.17, 15) is 0 Å². The van der Waals surface area contributed by atoms with Gasteiger partial charge in [0.05, 0.1) is 12.7 Å². The quantitative estimate of drug-likeness (QED) is 0.795. The van der Waals surface area contributed by atoms with Gasteiger partial charge in [0.25, 0.3) is 0 Å². The van der Waals surface area contributed by atoms with Gasteiger partial charge in [0.2, 0.25) is 0 Å². The highest BCUT2D eigenvalue weighted by Crippen LogP contribution is 2.30. The van der Waals surface area contributed by atoms with E-state index in [1.165, 1.54) is 24.0 Å². The maximum Gasteiger partial charge on any atom is 0.0846 e. The number of rotatable bonds is 2. The van der Waals surface area contributed by atoms with Crippen molar-refractivity contribution in [1.29, 1.82) is 0 Å². The molecule has 2 atom stereocenters. The van der Waals surface area contributed by atoms with E-state index in [4.69, 9.17) is 4.74 Å². The van der Waals surface area contributed by atoms with E-state index in [0.717, 1.165) is 25.6 Å². The SMILES string of the molecule is c1cc(C2CCO2)ccc1C1CCNC1. The van der Waals surface area contributed by atoms with Crippen LogP contribution >= 0.6 is 0 Å². The Labute approximate surface area is 90.6 Å². The van der Waals surface area contributed by atoms with Crippen LogP contribution in [-0.2, 0) is 4.74 Å². The third kappa shape index (κ3) is 1.80. The van der Waals surface area contributed by atoms with Gasteiger partial charge < -0.3 is 10.1 Å². The van der Waals surface area contributed by atoms with E-state index < -0.39 is 0 Å². The van der Waals surface area contributed by atoms with Crippen LogP contribution < -0.4 is 5.32 Å². The lowest BCUT2D eigenvalue weighted by Gasteiger charge is -2.27. The number of benzene rings is 1. The second kappa shape index (κ2) is 3.95. The highest BCUT2D eigenvalue weighted by atomic mass is 16.5. The Hall–Kier alpha value is -0.860. The van der Waals surface area contributed by atoms with Crippen molar-refractivity contribution < 1.29 is 4.74 Å². The minimum absolute atomic E-state index is 0.376. The van der Waals surface area contributed by atoms with Crippen LogP contribution in [0.2, 0.25) is 0 Å². The number of ether oxygens (including phenoxy) is 1. The van der Waals surface area contributed by atoms with E-state index >= 15 is 0 Å². The Kier molecular flexibility index (Phi) is 2.47. The standard InChI is InChI=1S/C13H17NO/c1-3-11(13-6-8-15-13)4-2-10(1)12-5-7-14-9-12/h1-4,12-14H,5-9H2. The number of nitrogens with one attached hydrogen (secondary N) is 1. The maximum atomic E-state index is 5.47. The Balaban J connectivity index is 1.74. The Morgan fingerprint density at radius 1 is 1.07 bits per heavy atom. The largest absolute Gasteiger partial charge is 0.373 e. The molecule has 2 heterocycles. The molecule has 0 spiro atoms. The summed E-state index contributed by atoms with van der Waals surface area (Å²) in [6, 6.07) is 9.01. The third-order valence-electron chi connectivity index (χ3n) is 3.54. The van der Waals surface area contributed by atoms with E-state index in [0.29, 0.717) is 6.10 Å². The summed E-state index contributed by atoms with van der Waals surface area (Å²) in [6.07, 6.45) is 2.84. The lowest BCUT2D eigenvalue weighted by atomic mass is 9.95. The average molecular weight is 203 g/mol. The molecule has 0 radical (unpaired) electrons. The van der Waals surface area contributed by atoms with Gasteiger partial charge in [-0.25, -0.2) is 0 Å². The van der Waals surface area contributed by atoms with Crippen LogP contribution in [0.1, 0.15) is 36.0 Å². The average Bonchev–Trinajstić information content (AvgIpc) is 2.69. The molecule has 1 aromatic carbocycles. The van der Waals surface area contributed by atoms with Gasteiger partial charge in [-0.2, -0.15) is 0 Å². The first kappa shape index (κ1) is 9.37. The maximum absolute atomic E-state index is 5.47. The lowest BCUT2D eigenvalue weighted by molar-refractivity contribution is -0.0527. The Bertz CT molecular complexity index is 323. The minimum atomic E-state index is 0.376. The van der Waals surface area contributed by atoms with Crippen molar-refractivity contribution in [3.63, 3.8) is 0 Å². The number of hydrogen-bond donors (Lipinski definition) is 1. The van der Waals surface area contributed by atoms with Crippen molar-refractivity contribution in [2.24, 2.45) is 0 Å². The Morgan fingerprint density at radius 3 is 2.33 bits per heavy atom. The fourth-order valence-electron chi connectivity index (χ4n) is 2.42. The molecular formula is C13H17NO. The van der Waals surface area contributed by atoms with Gasteiger partial charge in [0.1, 0.15) is 0 Å². The summed E-state index contributed by atoms with van der Waals surface area (Å²) in [6.45, 7) is 3.23. The second-order valence-electron chi connectivity index (χ2n) is 4.50. The molecule has 1 N–H and O–H groups in total. The molecule has 0 amide bonds. The van der Waals surface area contributed by atoms with Gasteiger partial charge >= 0.3 is 0 Å². The van der Waals surface area contributed by atoms with Crippen LogP contribution in [0, 0.1) is 0 Å². The van der Waals surface area contributed by atoms with E-state index in [1.54, 1.807) is 0 Å². The molecule has 1 aromatic rings. The molecule has 80 valence electrons. The van der Waals surface area contributed by atoms with Crippen LogP contribution in [-0.4, -0.2) is 19.7 Å². The number of hydrogen-bond acceptors (Lipinski definition) is 2. The van der Waals surface area contributed by atoms with Crippen LogP contribution in [0.4, 0.5) is 0 Å². The van der Waals surface area contributed by atoms with Gasteiger partial charge in [-0.3, -0.25) is 0 Å². The van der Waals surface area contributed by atoms with E-state index in [1.807, 2.05) is 0 Å². The molecule has 3 rings (SSSR count). The normalized spacial score (nSPS) is 30.1. The zero-order valence-electron chi connectivity index (χ0n) is 8.91. The van der Waals surface area contributed by atoms with E-state index in [-0.39, 0.29) is 0 Å². The predicted molar refractivity (Wildman–Crippen MR) is 60.0 cm³/mol. The minimum Gasteiger partial charge on any atom is -0.373 e. The molecule has 2 nitrogen and oxygen atoms in total. The summed E-state index contributed by atoms with van der Waals surface area (Å²) >= 11 is 0. The van der Waals surface area contributed by atoms with Crippen LogP contribution in [0.15, 0.2) is 24.3 Å². The molecule has 2 aliphatic heterocycles. The summed E-state index contributed by atoms with van der Waals surface area (Å²) < 4.78 is 5.47. The van der Waals surface area contributed by atoms with Crippen molar-refractivity contribution in [2.45, 2.75) is 24.9 Å². The van der Waals surface area contributed by atoms with Crippen molar-refractivity contribution in [3.05, 3.63) is 35.4 Å². The molecular weight excluding hydrogens is 186 g/mol. The van der Waals surface area contributed by atoms with Crippen molar-refractivity contribution in [2.75, 3.05) is 19.7 Å². The third-order valence-corrected chi connectivity index (χ3v) is 3.54. The summed E-state index contributed by atoms with van der Waals surface area (Å²) in [4.78, 5) is 0. The van der Waals surface area contributed by atoms with Crippen LogP contribution in [0.5, 0.6) is 0 Å². The van der Waals surface area contributed by atoms with Gasteiger partial charge in [-0.15, -0.1) is 0 Å².